The number of aromatic nitrogens is 4. The number of nitrogens with zero attached hydrogens (tertiary/aromatic N) is 5. The molecule has 0 atom stereocenters. The molecular weight excluding hydrogens is 338 g/mol. The molecule has 0 aliphatic carbocycles. The Kier molecular flexibility index (Phi) is 3.26. The summed E-state index contributed by atoms with van der Waals surface area (Å²) in [5.41, 5.74) is 14.6. The maximum absolute atomic E-state index is 6.27. The van der Waals surface area contributed by atoms with E-state index in [1.54, 1.807) is 0 Å². The summed E-state index contributed by atoms with van der Waals surface area (Å²) < 4.78 is 4.00. The third kappa shape index (κ3) is 2.29. The molecule has 4 N–H and O–H groups in total. The van der Waals surface area contributed by atoms with Gasteiger partial charge in [0.15, 0.2) is 11.6 Å². The molecule has 0 amide bonds. The minimum Gasteiger partial charge on any atom is -0.393 e. The number of anilines is 3. The molecule has 3 heterocycles. The quantitative estimate of drug-likeness (QED) is 0.518. The zero-order valence-corrected chi connectivity index (χ0v) is 14.4. The third-order valence-electron chi connectivity index (χ3n) is 4.65. The molecule has 0 bridgehead atoms. The first kappa shape index (κ1) is 15.3. The first-order valence-corrected chi connectivity index (χ1v) is 8.53. The van der Waals surface area contributed by atoms with Gasteiger partial charge in [0.05, 0.1) is 11.0 Å². The van der Waals surface area contributed by atoms with Crippen LogP contribution in [0.3, 0.4) is 0 Å². The zero-order valence-electron chi connectivity index (χ0n) is 14.4. The summed E-state index contributed by atoms with van der Waals surface area (Å²) in [6.07, 6.45) is 5.39. The van der Waals surface area contributed by atoms with Crippen LogP contribution in [0.2, 0.25) is 0 Å². The predicted molar refractivity (Wildman–Crippen MR) is 108 cm³/mol. The Labute approximate surface area is 155 Å². The molecule has 0 saturated carbocycles. The summed E-state index contributed by atoms with van der Waals surface area (Å²) >= 11 is 0. The number of nitrogen functional groups attached to an aromatic ring is 2. The first-order valence-electron chi connectivity index (χ1n) is 8.53. The topological polar surface area (TPSA) is 90.9 Å². The van der Waals surface area contributed by atoms with Gasteiger partial charge in [-0.25, -0.2) is 19.3 Å². The number of hydrogen-bond donors (Lipinski definition) is 2. The average Bonchev–Trinajstić information content (AvgIpc) is 3.31. The molecule has 2 aromatic carbocycles. The highest BCUT2D eigenvalue weighted by Gasteiger charge is 2.20. The van der Waals surface area contributed by atoms with Gasteiger partial charge in [-0.05, 0) is 24.3 Å². The Morgan fingerprint density at radius 1 is 0.704 bits per heavy atom. The van der Waals surface area contributed by atoms with Crippen molar-refractivity contribution in [2.75, 3.05) is 16.6 Å². The van der Waals surface area contributed by atoms with Gasteiger partial charge in [0.2, 0.25) is 0 Å². The van der Waals surface area contributed by atoms with E-state index in [2.05, 4.69) is 46.4 Å². The number of para-hydroxylation sites is 2. The van der Waals surface area contributed by atoms with Crippen LogP contribution in [0, 0.1) is 0 Å². The van der Waals surface area contributed by atoms with Gasteiger partial charge in [-0.15, -0.1) is 0 Å². The monoisotopic (exact) mass is 355 g/mol. The lowest BCUT2D eigenvalue weighted by Crippen LogP contribution is -2.35. The van der Waals surface area contributed by atoms with Crippen molar-refractivity contribution >= 4 is 39.1 Å². The van der Waals surface area contributed by atoms with E-state index in [0.717, 1.165) is 21.8 Å². The van der Waals surface area contributed by atoms with Gasteiger partial charge in [0, 0.05) is 23.2 Å². The minimum atomic E-state index is 0.248. The highest BCUT2D eigenvalue weighted by Crippen LogP contribution is 2.29. The second-order valence-electron chi connectivity index (χ2n) is 6.22. The van der Waals surface area contributed by atoms with Crippen molar-refractivity contribution in [3.8, 4) is 0 Å². The molecule has 0 radical (unpaired) electrons. The van der Waals surface area contributed by atoms with E-state index in [-0.39, 0.29) is 5.82 Å². The number of benzene rings is 2. The molecule has 0 saturated heterocycles. The molecule has 0 aliphatic rings. The Balaban J connectivity index is 1.84. The second-order valence-corrected chi connectivity index (χ2v) is 6.22. The summed E-state index contributed by atoms with van der Waals surface area (Å²) in [5.74, 6) is 0.753. The van der Waals surface area contributed by atoms with Crippen LogP contribution in [0.4, 0.5) is 17.3 Å². The maximum Gasteiger partial charge on any atom is 0.199 e. The molecule has 0 fully saturated rings. The van der Waals surface area contributed by atoms with Crippen LogP contribution in [0.5, 0.6) is 0 Å². The van der Waals surface area contributed by atoms with Crippen molar-refractivity contribution in [3.63, 3.8) is 0 Å². The van der Waals surface area contributed by atoms with E-state index in [1.807, 2.05) is 51.1 Å². The van der Waals surface area contributed by atoms with Crippen LogP contribution in [0.25, 0.3) is 21.8 Å². The summed E-state index contributed by atoms with van der Waals surface area (Å²) in [6, 6.07) is 20.4. The molecule has 132 valence electrons. The van der Waals surface area contributed by atoms with E-state index in [0.29, 0.717) is 11.5 Å². The minimum absolute atomic E-state index is 0.248. The lowest BCUT2D eigenvalue weighted by molar-refractivity contribution is 0.631. The standard InChI is InChI=1S/C20H17N7/c21-18-19(22)23-13-24-20(18)27(25-11-9-14-5-1-3-7-16(14)25)26-12-10-15-6-2-4-8-17(15)26/h1-13H,21H2,(H2,22,23,24). The van der Waals surface area contributed by atoms with Crippen LogP contribution in [-0.2, 0) is 0 Å². The van der Waals surface area contributed by atoms with Crippen molar-refractivity contribution in [1.82, 2.24) is 19.3 Å². The summed E-state index contributed by atoms with van der Waals surface area (Å²) in [7, 11) is 0. The van der Waals surface area contributed by atoms with E-state index in [1.165, 1.54) is 6.33 Å². The van der Waals surface area contributed by atoms with Crippen LogP contribution >= 0.6 is 0 Å². The molecule has 5 rings (SSSR count). The normalized spacial score (nSPS) is 11.3. The molecule has 7 nitrogen and oxygen atoms in total. The number of hydrogen-bond acceptors (Lipinski definition) is 5. The lowest BCUT2D eigenvalue weighted by Gasteiger charge is -2.28. The van der Waals surface area contributed by atoms with Gasteiger partial charge < -0.3 is 11.5 Å². The number of fused-ring (bicyclic) bond motifs is 2. The van der Waals surface area contributed by atoms with Crippen molar-refractivity contribution in [2.45, 2.75) is 0 Å². The average molecular weight is 355 g/mol. The largest absolute Gasteiger partial charge is 0.393 e. The zero-order chi connectivity index (χ0) is 18.4. The van der Waals surface area contributed by atoms with Gasteiger partial charge in [-0.2, -0.15) is 5.12 Å². The molecule has 3 aromatic heterocycles. The molecule has 0 aliphatic heterocycles. The van der Waals surface area contributed by atoms with Crippen molar-refractivity contribution in [1.29, 1.82) is 0 Å². The van der Waals surface area contributed by atoms with E-state index >= 15 is 0 Å². The molecule has 27 heavy (non-hydrogen) atoms. The molecular formula is C20H17N7. The van der Waals surface area contributed by atoms with Gasteiger partial charge in [-0.3, -0.25) is 0 Å². The van der Waals surface area contributed by atoms with E-state index in [4.69, 9.17) is 11.5 Å². The number of nitrogens with two attached hydrogens (primary N) is 2. The Hall–Kier alpha value is -4.00. The summed E-state index contributed by atoms with van der Waals surface area (Å²) in [6.45, 7) is 0. The Morgan fingerprint density at radius 3 is 1.85 bits per heavy atom. The lowest BCUT2D eigenvalue weighted by atomic mass is 10.2. The van der Waals surface area contributed by atoms with Gasteiger partial charge in [0.1, 0.15) is 12.0 Å². The maximum atomic E-state index is 6.27. The Bertz CT molecular complexity index is 1190. The molecule has 0 unspecified atom stereocenters. The fourth-order valence-electron chi connectivity index (χ4n) is 3.33. The van der Waals surface area contributed by atoms with E-state index in [9.17, 15) is 0 Å². The highest BCUT2D eigenvalue weighted by atomic mass is 15.8. The van der Waals surface area contributed by atoms with Crippen molar-refractivity contribution in [2.24, 2.45) is 0 Å². The predicted octanol–water partition coefficient (Wildman–Crippen LogP) is 3.28. The smallest absolute Gasteiger partial charge is 0.199 e. The third-order valence-corrected chi connectivity index (χ3v) is 4.65. The fourth-order valence-corrected chi connectivity index (χ4v) is 3.33. The summed E-state index contributed by atoms with van der Waals surface area (Å²) in [4.78, 5) is 8.44. The number of rotatable bonds is 3. The van der Waals surface area contributed by atoms with Gasteiger partial charge in [-0.1, -0.05) is 36.4 Å². The van der Waals surface area contributed by atoms with E-state index < -0.39 is 0 Å². The summed E-state index contributed by atoms with van der Waals surface area (Å²) in [5, 5.41) is 4.12. The van der Waals surface area contributed by atoms with Crippen LogP contribution in [0.1, 0.15) is 0 Å². The van der Waals surface area contributed by atoms with Crippen LogP contribution in [-0.4, -0.2) is 19.3 Å². The van der Waals surface area contributed by atoms with Crippen molar-refractivity contribution < 1.29 is 0 Å². The van der Waals surface area contributed by atoms with Crippen LogP contribution < -0.4 is 16.6 Å². The fraction of sp³-hybridized carbons (Fsp3) is 0. The Morgan fingerprint density at radius 2 is 1.26 bits per heavy atom. The molecule has 7 heteroatoms. The SMILES string of the molecule is Nc1ncnc(N(n2ccc3ccccc32)n2ccc3ccccc32)c1N. The highest BCUT2D eigenvalue weighted by molar-refractivity contribution is 5.84. The van der Waals surface area contributed by atoms with Gasteiger partial charge in [0.25, 0.3) is 0 Å². The van der Waals surface area contributed by atoms with Gasteiger partial charge >= 0.3 is 0 Å². The molecule has 0 spiro atoms. The molecule has 5 aromatic rings. The first-order chi connectivity index (χ1) is 13.2. The van der Waals surface area contributed by atoms with Crippen LogP contribution in [0.15, 0.2) is 79.4 Å². The van der Waals surface area contributed by atoms with Crippen molar-refractivity contribution in [3.05, 3.63) is 79.4 Å². The second kappa shape index (κ2) is 5.77.